The van der Waals surface area contributed by atoms with Crippen LogP contribution in [0, 0.1) is 11.6 Å². The van der Waals surface area contributed by atoms with E-state index in [-0.39, 0.29) is 53.7 Å². The fourth-order valence-corrected chi connectivity index (χ4v) is 5.77. The number of alkyl halides is 3. The zero-order valence-corrected chi connectivity index (χ0v) is 21.7. The normalized spacial score (nSPS) is 15.4. The lowest BCUT2D eigenvalue weighted by atomic mass is 9.98. The van der Waals surface area contributed by atoms with Crippen LogP contribution in [0.25, 0.3) is 11.3 Å². The summed E-state index contributed by atoms with van der Waals surface area (Å²) in [6.07, 6.45) is -2.64. The van der Waals surface area contributed by atoms with E-state index >= 15 is 0 Å². The standard InChI is InChI=1S/C26H26F5N3O4S/c1-2-3-11-32-24(35)22-23(17-5-4-6-18(14-17)26(29,30)31)38-25(33-22)16-9-12-34(13-10-16)39(36,37)19-7-8-20(27)21(28)15-19/h4-8,14-16H,2-3,9-13H2,1H3,(H,32,35). The molecule has 210 valence electrons. The van der Waals surface area contributed by atoms with Gasteiger partial charge in [-0.05, 0) is 49.6 Å². The molecule has 2 aromatic carbocycles. The third-order valence-electron chi connectivity index (χ3n) is 6.46. The summed E-state index contributed by atoms with van der Waals surface area (Å²) in [6, 6.07) is 6.73. The lowest BCUT2D eigenvalue weighted by Gasteiger charge is -2.29. The molecule has 7 nitrogen and oxygen atoms in total. The molecule has 1 fully saturated rings. The highest BCUT2D eigenvalue weighted by Gasteiger charge is 2.35. The van der Waals surface area contributed by atoms with Gasteiger partial charge in [0.2, 0.25) is 10.0 Å². The Labute approximate surface area is 222 Å². The molecule has 1 N–H and O–H groups in total. The first-order chi connectivity index (χ1) is 18.4. The van der Waals surface area contributed by atoms with Crippen molar-refractivity contribution in [2.75, 3.05) is 19.6 Å². The zero-order valence-electron chi connectivity index (χ0n) is 20.9. The molecule has 0 saturated carbocycles. The van der Waals surface area contributed by atoms with E-state index in [0.717, 1.165) is 35.0 Å². The van der Waals surface area contributed by atoms with Crippen molar-refractivity contribution in [1.82, 2.24) is 14.6 Å². The number of unbranched alkanes of at least 4 members (excludes halogenated alkanes) is 1. The predicted octanol–water partition coefficient (Wildman–Crippen LogP) is 5.74. The maximum absolute atomic E-state index is 13.6. The van der Waals surface area contributed by atoms with Crippen LogP contribution in [0.3, 0.4) is 0 Å². The average Bonchev–Trinajstić information content (AvgIpc) is 3.36. The van der Waals surface area contributed by atoms with Crippen molar-refractivity contribution in [3.8, 4) is 11.3 Å². The minimum atomic E-state index is -4.60. The molecular formula is C26H26F5N3O4S. The van der Waals surface area contributed by atoms with Crippen LogP contribution in [0.1, 0.15) is 60.5 Å². The van der Waals surface area contributed by atoms with Gasteiger partial charge >= 0.3 is 6.18 Å². The van der Waals surface area contributed by atoms with Crippen LogP contribution in [0.5, 0.6) is 0 Å². The molecule has 4 rings (SSSR count). The van der Waals surface area contributed by atoms with Crippen LogP contribution in [0.4, 0.5) is 22.0 Å². The van der Waals surface area contributed by atoms with Crippen LogP contribution < -0.4 is 5.32 Å². The van der Waals surface area contributed by atoms with Crippen molar-refractivity contribution in [2.24, 2.45) is 0 Å². The number of hydrogen-bond donors (Lipinski definition) is 1. The van der Waals surface area contributed by atoms with Crippen LogP contribution in [0.15, 0.2) is 51.8 Å². The molecule has 0 bridgehead atoms. The van der Waals surface area contributed by atoms with Gasteiger partial charge < -0.3 is 9.73 Å². The fourth-order valence-electron chi connectivity index (χ4n) is 4.29. The summed E-state index contributed by atoms with van der Waals surface area (Å²) >= 11 is 0. The molecule has 3 aromatic rings. The minimum Gasteiger partial charge on any atom is -0.440 e. The van der Waals surface area contributed by atoms with Crippen LogP contribution in [0.2, 0.25) is 0 Å². The zero-order chi connectivity index (χ0) is 28.4. The molecular weight excluding hydrogens is 545 g/mol. The molecule has 39 heavy (non-hydrogen) atoms. The smallest absolute Gasteiger partial charge is 0.416 e. The summed E-state index contributed by atoms with van der Waals surface area (Å²) in [5.41, 5.74) is -1.04. The second-order valence-electron chi connectivity index (χ2n) is 9.17. The van der Waals surface area contributed by atoms with E-state index in [1.807, 2.05) is 6.92 Å². The average molecular weight is 572 g/mol. The summed E-state index contributed by atoms with van der Waals surface area (Å²) in [4.78, 5) is 16.8. The number of amides is 1. The number of sulfonamides is 1. The van der Waals surface area contributed by atoms with E-state index in [1.54, 1.807) is 0 Å². The first-order valence-electron chi connectivity index (χ1n) is 12.3. The Morgan fingerprint density at radius 2 is 1.82 bits per heavy atom. The lowest BCUT2D eigenvalue weighted by molar-refractivity contribution is -0.137. The maximum atomic E-state index is 13.6. The van der Waals surface area contributed by atoms with Crippen molar-refractivity contribution in [1.29, 1.82) is 0 Å². The molecule has 0 aliphatic carbocycles. The van der Waals surface area contributed by atoms with Crippen LogP contribution in [-0.4, -0.2) is 43.2 Å². The number of carbonyl (C=O) groups is 1. The molecule has 1 saturated heterocycles. The van der Waals surface area contributed by atoms with Crippen molar-refractivity contribution in [3.63, 3.8) is 0 Å². The van der Waals surface area contributed by atoms with Crippen LogP contribution in [-0.2, 0) is 16.2 Å². The Bertz CT molecular complexity index is 1450. The van der Waals surface area contributed by atoms with Gasteiger partial charge in [0.15, 0.2) is 29.0 Å². The molecule has 1 amide bonds. The van der Waals surface area contributed by atoms with E-state index < -0.39 is 45.2 Å². The number of hydrogen-bond acceptors (Lipinski definition) is 5. The number of oxazole rings is 1. The number of piperidine rings is 1. The van der Waals surface area contributed by atoms with Gasteiger partial charge in [-0.25, -0.2) is 22.2 Å². The van der Waals surface area contributed by atoms with Crippen LogP contribution >= 0.6 is 0 Å². The highest BCUT2D eigenvalue weighted by molar-refractivity contribution is 7.89. The second kappa shape index (κ2) is 11.4. The van der Waals surface area contributed by atoms with E-state index in [0.29, 0.717) is 19.0 Å². The number of nitrogens with one attached hydrogen (secondary N) is 1. The van der Waals surface area contributed by atoms with Crippen molar-refractivity contribution >= 4 is 15.9 Å². The number of aromatic nitrogens is 1. The molecule has 2 heterocycles. The van der Waals surface area contributed by atoms with Gasteiger partial charge in [0.05, 0.1) is 10.5 Å². The third kappa shape index (κ3) is 6.30. The maximum Gasteiger partial charge on any atom is 0.416 e. The second-order valence-corrected chi connectivity index (χ2v) is 11.1. The van der Waals surface area contributed by atoms with E-state index in [4.69, 9.17) is 4.42 Å². The first kappa shape index (κ1) is 28.7. The molecule has 13 heteroatoms. The van der Waals surface area contributed by atoms with Gasteiger partial charge in [0.25, 0.3) is 5.91 Å². The molecule has 1 aromatic heterocycles. The van der Waals surface area contributed by atoms with E-state index in [9.17, 15) is 35.2 Å². The fraction of sp³-hybridized carbons (Fsp3) is 0.385. The minimum absolute atomic E-state index is 0.00526. The summed E-state index contributed by atoms with van der Waals surface area (Å²) in [6.45, 7) is 2.30. The Morgan fingerprint density at radius 1 is 1.10 bits per heavy atom. The third-order valence-corrected chi connectivity index (χ3v) is 8.35. The van der Waals surface area contributed by atoms with Gasteiger partial charge in [0, 0.05) is 31.1 Å². The predicted molar refractivity (Wildman–Crippen MR) is 131 cm³/mol. The van der Waals surface area contributed by atoms with Gasteiger partial charge in [-0.2, -0.15) is 17.5 Å². The summed E-state index contributed by atoms with van der Waals surface area (Å²) in [5.74, 6) is -3.47. The van der Waals surface area contributed by atoms with E-state index in [2.05, 4.69) is 10.3 Å². The highest BCUT2D eigenvalue weighted by atomic mass is 32.2. The Hall–Kier alpha value is -3.32. The highest BCUT2D eigenvalue weighted by Crippen LogP contribution is 2.37. The Balaban J connectivity index is 1.59. The van der Waals surface area contributed by atoms with Gasteiger partial charge in [0.1, 0.15) is 0 Å². The molecule has 0 atom stereocenters. The molecule has 0 unspecified atom stereocenters. The SMILES string of the molecule is CCCCNC(=O)c1nc(C2CCN(S(=O)(=O)c3ccc(F)c(F)c3)CC2)oc1-c1cccc(C(F)(F)F)c1. The topological polar surface area (TPSA) is 92.5 Å². The summed E-state index contributed by atoms with van der Waals surface area (Å²) in [5, 5.41) is 2.70. The van der Waals surface area contributed by atoms with Gasteiger partial charge in [-0.1, -0.05) is 25.5 Å². The number of benzene rings is 2. The van der Waals surface area contributed by atoms with Gasteiger partial charge in [-0.15, -0.1) is 0 Å². The molecule has 0 radical (unpaired) electrons. The van der Waals surface area contributed by atoms with E-state index in [1.165, 1.54) is 12.1 Å². The van der Waals surface area contributed by atoms with Gasteiger partial charge in [-0.3, -0.25) is 4.79 Å². The Kier molecular flexibility index (Phi) is 8.40. The quantitative estimate of drug-likeness (QED) is 0.275. The van der Waals surface area contributed by atoms with Crippen molar-refractivity contribution < 1.29 is 39.6 Å². The number of nitrogens with zero attached hydrogens (tertiary/aromatic N) is 2. The molecule has 1 aliphatic rings. The lowest BCUT2D eigenvalue weighted by Crippen LogP contribution is -2.38. The van der Waals surface area contributed by atoms with Crippen molar-refractivity contribution in [3.05, 3.63) is 71.2 Å². The molecule has 1 aliphatic heterocycles. The number of rotatable bonds is 8. The first-order valence-corrected chi connectivity index (χ1v) is 13.8. The largest absolute Gasteiger partial charge is 0.440 e. The summed E-state index contributed by atoms with van der Waals surface area (Å²) < 4.78 is 99.7. The molecule has 0 spiro atoms. The monoisotopic (exact) mass is 571 g/mol. The number of carbonyl (C=O) groups excluding carboxylic acids is 1. The number of halogens is 5. The Morgan fingerprint density at radius 3 is 2.46 bits per heavy atom. The summed E-state index contributed by atoms with van der Waals surface area (Å²) in [7, 11) is -4.09. The van der Waals surface area contributed by atoms with Crippen molar-refractivity contribution in [2.45, 2.75) is 49.6 Å².